The Bertz CT molecular complexity index is 646. The van der Waals surface area contributed by atoms with Gasteiger partial charge in [0.2, 0.25) is 0 Å². The van der Waals surface area contributed by atoms with Crippen LogP contribution in [0.2, 0.25) is 0 Å². The van der Waals surface area contributed by atoms with Crippen LogP contribution < -0.4 is 0 Å². The van der Waals surface area contributed by atoms with E-state index in [1.54, 1.807) is 0 Å². The third kappa shape index (κ3) is 1.86. The smallest absolute Gasteiger partial charge is 0.144 e. The normalized spacial score (nSPS) is 33.8. The first-order chi connectivity index (χ1) is 9.88. The van der Waals surface area contributed by atoms with Gasteiger partial charge < -0.3 is 0 Å². The van der Waals surface area contributed by atoms with Crippen LogP contribution in [-0.2, 0) is 23.1 Å². The van der Waals surface area contributed by atoms with Crippen LogP contribution in [-0.4, -0.2) is 5.78 Å². The molecule has 4 rings (SSSR count). The average Bonchev–Trinajstić information content (AvgIpc) is 2.99. The molecule has 0 aromatic heterocycles. The summed E-state index contributed by atoms with van der Waals surface area (Å²) in [7, 11) is 0. The maximum absolute atomic E-state index is 12.8. The highest BCUT2D eigenvalue weighted by atomic mass is 16.1. The predicted octanol–water partition coefficient (Wildman–Crippen LogP) is 4.23. The fourth-order valence-corrected chi connectivity index (χ4v) is 4.70. The zero-order chi connectivity index (χ0) is 14.8. The van der Waals surface area contributed by atoms with E-state index in [1.165, 1.54) is 23.1 Å². The maximum atomic E-state index is 12.8. The quantitative estimate of drug-likeness (QED) is 0.650. The van der Waals surface area contributed by atoms with Crippen molar-refractivity contribution in [3.8, 4) is 0 Å². The lowest BCUT2D eigenvalue weighted by Crippen LogP contribution is -2.42. The Morgan fingerprint density at radius 1 is 1.14 bits per heavy atom. The van der Waals surface area contributed by atoms with Crippen molar-refractivity contribution in [3.05, 3.63) is 47.0 Å². The van der Waals surface area contributed by atoms with Gasteiger partial charge in [0.1, 0.15) is 5.78 Å². The molecule has 21 heavy (non-hydrogen) atoms. The average molecular weight is 280 g/mol. The summed E-state index contributed by atoms with van der Waals surface area (Å²) < 4.78 is 0. The van der Waals surface area contributed by atoms with Gasteiger partial charge in [0.15, 0.2) is 0 Å². The standard InChI is InChI=1S/C20H24O/c1-19(2,3)16-7-5-14-10-18(21)20(12-15(14)9-16)11-13-4-6-17(20)8-13/h4-7,9,13,17H,8,10-12H2,1-3H3. The molecule has 1 nitrogen and oxygen atoms in total. The molecule has 2 bridgehead atoms. The van der Waals surface area contributed by atoms with Crippen LogP contribution in [0.5, 0.6) is 0 Å². The van der Waals surface area contributed by atoms with Crippen molar-refractivity contribution in [2.45, 2.75) is 51.9 Å². The number of rotatable bonds is 0. The Balaban J connectivity index is 1.76. The number of hydrogen-bond acceptors (Lipinski definition) is 1. The molecule has 0 aliphatic heterocycles. The van der Waals surface area contributed by atoms with Crippen LogP contribution in [0.1, 0.15) is 50.3 Å². The van der Waals surface area contributed by atoms with Crippen LogP contribution in [0.25, 0.3) is 0 Å². The third-order valence-corrected chi connectivity index (χ3v) is 5.99. The molecule has 3 aliphatic rings. The van der Waals surface area contributed by atoms with E-state index in [0.717, 1.165) is 12.8 Å². The summed E-state index contributed by atoms with van der Waals surface area (Å²) in [6.07, 6.45) is 8.58. The van der Waals surface area contributed by atoms with Gasteiger partial charge in [0.25, 0.3) is 0 Å². The fourth-order valence-electron chi connectivity index (χ4n) is 4.70. The number of carbonyl (C=O) groups excluding carboxylic acids is 1. The second-order valence-electron chi connectivity index (χ2n) is 8.36. The monoisotopic (exact) mass is 280 g/mol. The lowest BCUT2D eigenvalue weighted by molar-refractivity contribution is -0.130. The lowest BCUT2D eigenvalue weighted by atomic mass is 9.63. The molecule has 1 saturated carbocycles. The third-order valence-electron chi connectivity index (χ3n) is 5.99. The second kappa shape index (κ2) is 4.09. The van der Waals surface area contributed by atoms with E-state index in [2.05, 4.69) is 51.1 Å². The molecule has 0 N–H and O–H groups in total. The number of ketones is 1. The molecule has 110 valence electrons. The van der Waals surface area contributed by atoms with Crippen LogP contribution in [0.3, 0.4) is 0 Å². The van der Waals surface area contributed by atoms with Crippen LogP contribution in [0.15, 0.2) is 30.4 Å². The minimum atomic E-state index is -0.0665. The van der Waals surface area contributed by atoms with Crippen LogP contribution in [0.4, 0.5) is 0 Å². The summed E-state index contributed by atoms with van der Waals surface area (Å²) in [5.74, 6) is 1.66. The molecule has 1 spiro atoms. The van der Waals surface area contributed by atoms with Gasteiger partial charge in [-0.3, -0.25) is 4.79 Å². The van der Waals surface area contributed by atoms with E-state index in [0.29, 0.717) is 24.0 Å². The summed E-state index contributed by atoms with van der Waals surface area (Å²) in [6.45, 7) is 6.79. The zero-order valence-electron chi connectivity index (χ0n) is 13.3. The molecule has 1 aromatic rings. The predicted molar refractivity (Wildman–Crippen MR) is 85.3 cm³/mol. The molecule has 0 amide bonds. The molecular formula is C20H24O. The van der Waals surface area contributed by atoms with Crippen LogP contribution in [0, 0.1) is 17.3 Å². The van der Waals surface area contributed by atoms with Crippen molar-refractivity contribution >= 4 is 5.78 Å². The highest BCUT2D eigenvalue weighted by Gasteiger charge is 2.54. The number of benzene rings is 1. The Morgan fingerprint density at radius 2 is 1.95 bits per heavy atom. The Morgan fingerprint density at radius 3 is 2.57 bits per heavy atom. The number of Topliss-reactive ketones (excluding diaryl/α,β-unsaturated/α-hetero) is 1. The molecular weight excluding hydrogens is 256 g/mol. The first kappa shape index (κ1) is 13.3. The summed E-state index contributed by atoms with van der Waals surface area (Å²) in [5.41, 5.74) is 4.21. The molecule has 0 radical (unpaired) electrons. The van der Waals surface area contributed by atoms with E-state index in [-0.39, 0.29) is 10.8 Å². The molecule has 1 heteroatoms. The molecule has 3 atom stereocenters. The first-order valence-electron chi connectivity index (χ1n) is 8.22. The number of fused-ring (bicyclic) bond motifs is 4. The van der Waals surface area contributed by atoms with Gasteiger partial charge in [0, 0.05) is 11.8 Å². The SMILES string of the molecule is CC(C)(C)c1ccc2c(c1)CC1(CC3C=CC1C3)C(=O)C2. The van der Waals surface area contributed by atoms with E-state index in [9.17, 15) is 4.79 Å². The van der Waals surface area contributed by atoms with Gasteiger partial charge in [-0.25, -0.2) is 0 Å². The van der Waals surface area contributed by atoms with Crippen molar-refractivity contribution in [2.75, 3.05) is 0 Å². The van der Waals surface area contributed by atoms with Crippen LogP contribution >= 0.6 is 0 Å². The fraction of sp³-hybridized carbons (Fsp3) is 0.550. The molecule has 0 heterocycles. The van der Waals surface area contributed by atoms with Crippen molar-refractivity contribution in [1.29, 1.82) is 0 Å². The Labute approximate surface area is 127 Å². The van der Waals surface area contributed by atoms with E-state index in [1.807, 2.05) is 0 Å². The first-order valence-corrected chi connectivity index (χ1v) is 8.22. The minimum absolute atomic E-state index is 0.0665. The zero-order valence-corrected chi connectivity index (χ0v) is 13.3. The summed E-state index contributed by atoms with van der Waals surface area (Å²) in [5, 5.41) is 0. The van der Waals surface area contributed by atoms with Gasteiger partial charge in [-0.1, -0.05) is 51.1 Å². The largest absolute Gasteiger partial charge is 0.299 e. The van der Waals surface area contributed by atoms with Gasteiger partial charge in [-0.2, -0.15) is 0 Å². The Hall–Kier alpha value is -1.37. The molecule has 1 fully saturated rings. The molecule has 1 aromatic carbocycles. The topological polar surface area (TPSA) is 17.1 Å². The molecule has 0 saturated heterocycles. The highest BCUT2D eigenvalue weighted by Crippen LogP contribution is 2.56. The second-order valence-corrected chi connectivity index (χ2v) is 8.36. The van der Waals surface area contributed by atoms with E-state index >= 15 is 0 Å². The maximum Gasteiger partial charge on any atom is 0.144 e. The van der Waals surface area contributed by atoms with Crippen molar-refractivity contribution in [2.24, 2.45) is 17.3 Å². The van der Waals surface area contributed by atoms with Gasteiger partial charge in [-0.05, 0) is 53.2 Å². The van der Waals surface area contributed by atoms with Crippen molar-refractivity contribution in [1.82, 2.24) is 0 Å². The van der Waals surface area contributed by atoms with Crippen molar-refractivity contribution < 1.29 is 4.79 Å². The van der Waals surface area contributed by atoms with Crippen molar-refractivity contribution in [3.63, 3.8) is 0 Å². The van der Waals surface area contributed by atoms with E-state index in [4.69, 9.17) is 0 Å². The molecule has 3 unspecified atom stereocenters. The lowest BCUT2D eigenvalue weighted by Gasteiger charge is -2.39. The minimum Gasteiger partial charge on any atom is -0.299 e. The number of allylic oxidation sites excluding steroid dienone is 2. The van der Waals surface area contributed by atoms with E-state index < -0.39 is 0 Å². The summed E-state index contributed by atoms with van der Waals surface area (Å²) in [6, 6.07) is 6.79. The Kier molecular flexibility index (Phi) is 2.59. The molecule has 3 aliphatic carbocycles. The summed E-state index contributed by atoms with van der Waals surface area (Å²) in [4.78, 5) is 12.8. The number of carbonyl (C=O) groups is 1. The van der Waals surface area contributed by atoms with Gasteiger partial charge in [0.05, 0.1) is 0 Å². The number of hydrogen-bond donors (Lipinski definition) is 0. The highest BCUT2D eigenvalue weighted by molar-refractivity contribution is 5.90. The summed E-state index contributed by atoms with van der Waals surface area (Å²) >= 11 is 0. The van der Waals surface area contributed by atoms with Gasteiger partial charge >= 0.3 is 0 Å². The van der Waals surface area contributed by atoms with Gasteiger partial charge in [-0.15, -0.1) is 0 Å².